The summed E-state index contributed by atoms with van der Waals surface area (Å²) in [5, 5.41) is 9.70. The van der Waals surface area contributed by atoms with Crippen LogP contribution in [-0.2, 0) is 10.0 Å². The van der Waals surface area contributed by atoms with Crippen molar-refractivity contribution in [2.75, 3.05) is 13.1 Å². The van der Waals surface area contributed by atoms with E-state index in [9.17, 15) is 13.5 Å². The first-order chi connectivity index (χ1) is 9.30. The van der Waals surface area contributed by atoms with Gasteiger partial charge in [0.05, 0.1) is 17.1 Å². The number of β-amino-alcohol motifs (C(OH)–C–C–N with tert-alkyl or cyclic N) is 1. The molecule has 1 aromatic carbocycles. The fourth-order valence-electron chi connectivity index (χ4n) is 2.21. The third-order valence-corrected chi connectivity index (χ3v) is 5.22. The monoisotopic (exact) mass is 299 g/mol. The van der Waals surface area contributed by atoms with Crippen LogP contribution in [0, 0.1) is 5.92 Å². The minimum atomic E-state index is -3.53. The molecule has 1 saturated heterocycles. The molecule has 1 aromatic rings. The van der Waals surface area contributed by atoms with Crippen molar-refractivity contribution in [1.82, 2.24) is 4.31 Å². The van der Waals surface area contributed by atoms with Crippen LogP contribution >= 0.6 is 0 Å². The minimum Gasteiger partial charge on any atom is -0.491 e. The normalized spacial score (nSPS) is 24.2. The van der Waals surface area contributed by atoms with Gasteiger partial charge in [-0.2, -0.15) is 4.31 Å². The molecule has 2 rings (SSSR count). The topological polar surface area (TPSA) is 66.8 Å². The summed E-state index contributed by atoms with van der Waals surface area (Å²) in [7, 11) is -3.53. The highest BCUT2D eigenvalue weighted by molar-refractivity contribution is 7.89. The molecule has 6 heteroatoms. The van der Waals surface area contributed by atoms with Crippen molar-refractivity contribution in [1.29, 1.82) is 0 Å². The summed E-state index contributed by atoms with van der Waals surface area (Å²) < 4.78 is 31.7. The van der Waals surface area contributed by atoms with Crippen molar-refractivity contribution in [2.24, 2.45) is 5.92 Å². The van der Waals surface area contributed by atoms with Gasteiger partial charge in [-0.25, -0.2) is 8.42 Å². The number of sulfonamides is 1. The first kappa shape index (κ1) is 15.3. The third kappa shape index (κ3) is 3.13. The van der Waals surface area contributed by atoms with Gasteiger partial charge >= 0.3 is 0 Å². The molecule has 1 aliphatic rings. The Labute approximate surface area is 120 Å². The molecule has 0 saturated carbocycles. The first-order valence-electron chi connectivity index (χ1n) is 6.75. The highest BCUT2D eigenvalue weighted by Gasteiger charge is 2.36. The minimum absolute atomic E-state index is 0.0340. The van der Waals surface area contributed by atoms with E-state index in [1.807, 2.05) is 20.8 Å². The molecule has 1 heterocycles. The number of benzene rings is 1. The second-order valence-electron chi connectivity index (χ2n) is 5.50. The zero-order valence-corrected chi connectivity index (χ0v) is 12.8. The van der Waals surface area contributed by atoms with Gasteiger partial charge in [-0.1, -0.05) is 6.92 Å². The predicted molar refractivity (Wildman–Crippen MR) is 76.1 cm³/mol. The highest BCUT2D eigenvalue weighted by atomic mass is 32.2. The van der Waals surface area contributed by atoms with Gasteiger partial charge in [0.2, 0.25) is 10.0 Å². The quantitative estimate of drug-likeness (QED) is 0.914. The van der Waals surface area contributed by atoms with Crippen LogP contribution in [0.4, 0.5) is 0 Å². The van der Waals surface area contributed by atoms with E-state index in [1.165, 1.54) is 4.31 Å². The molecule has 1 fully saturated rings. The maximum atomic E-state index is 12.4. The van der Waals surface area contributed by atoms with Crippen LogP contribution in [-0.4, -0.2) is 43.1 Å². The zero-order chi connectivity index (χ0) is 14.9. The van der Waals surface area contributed by atoms with E-state index in [-0.39, 0.29) is 23.5 Å². The van der Waals surface area contributed by atoms with E-state index in [2.05, 4.69) is 0 Å². The molecule has 20 heavy (non-hydrogen) atoms. The van der Waals surface area contributed by atoms with Crippen LogP contribution in [0.2, 0.25) is 0 Å². The Morgan fingerprint density at radius 2 is 1.85 bits per heavy atom. The molecule has 0 aromatic heterocycles. The van der Waals surface area contributed by atoms with Crippen LogP contribution in [0.1, 0.15) is 20.8 Å². The fourth-order valence-corrected chi connectivity index (χ4v) is 3.77. The lowest BCUT2D eigenvalue weighted by Gasteiger charge is -2.16. The molecule has 2 atom stereocenters. The standard InChI is InChI=1S/C14H21NO4S/c1-10(2)19-12-4-6-13(7-5-12)20(17,18)15-8-11(3)14(16)9-15/h4-7,10-11,14,16H,8-9H2,1-3H3/t11-,14-/m1/s1. The average molecular weight is 299 g/mol. The molecule has 0 unspecified atom stereocenters. The maximum absolute atomic E-state index is 12.4. The number of hydrogen-bond acceptors (Lipinski definition) is 4. The van der Waals surface area contributed by atoms with Gasteiger partial charge in [-0.3, -0.25) is 0 Å². The summed E-state index contributed by atoms with van der Waals surface area (Å²) in [5.74, 6) is 0.613. The molecule has 5 nitrogen and oxygen atoms in total. The summed E-state index contributed by atoms with van der Waals surface area (Å²) in [4.78, 5) is 0.231. The first-order valence-corrected chi connectivity index (χ1v) is 8.19. The Kier molecular flexibility index (Phi) is 4.36. The average Bonchev–Trinajstić information content (AvgIpc) is 2.70. The van der Waals surface area contributed by atoms with Crippen LogP contribution in [0.5, 0.6) is 5.75 Å². The Morgan fingerprint density at radius 3 is 2.30 bits per heavy atom. The SMILES string of the molecule is CC(C)Oc1ccc(S(=O)(=O)N2C[C@@H](C)[C@H](O)C2)cc1. The van der Waals surface area contributed by atoms with Gasteiger partial charge in [-0.05, 0) is 44.0 Å². The Hall–Kier alpha value is -1.11. The molecule has 0 bridgehead atoms. The highest BCUT2D eigenvalue weighted by Crippen LogP contribution is 2.25. The smallest absolute Gasteiger partial charge is 0.243 e. The molecular formula is C14H21NO4S. The number of aliphatic hydroxyl groups is 1. The van der Waals surface area contributed by atoms with Gasteiger partial charge in [0.25, 0.3) is 0 Å². The van der Waals surface area contributed by atoms with E-state index >= 15 is 0 Å². The number of aliphatic hydroxyl groups excluding tert-OH is 1. The van der Waals surface area contributed by atoms with Gasteiger partial charge in [0, 0.05) is 13.1 Å². The van der Waals surface area contributed by atoms with Crippen molar-refractivity contribution in [3.05, 3.63) is 24.3 Å². The summed E-state index contributed by atoms with van der Waals surface area (Å²) >= 11 is 0. The van der Waals surface area contributed by atoms with Gasteiger partial charge < -0.3 is 9.84 Å². The second-order valence-corrected chi connectivity index (χ2v) is 7.44. The second kappa shape index (κ2) is 5.71. The summed E-state index contributed by atoms with van der Waals surface area (Å²) in [5.41, 5.74) is 0. The van der Waals surface area contributed by atoms with Gasteiger partial charge in [0.1, 0.15) is 5.75 Å². The Balaban J connectivity index is 2.18. The lowest BCUT2D eigenvalue weighted by Crippen LogP contribution is -2.29. The van der Waals surface area contributed by atoms with Crippen LogP contribution < -0.4 is 4.74 Å². The van der Waals surface area contributed by atoms with E-state index in [4.69, 9.17) is 4.74 Å². The van der Waals surface area contributed by atoms with Crippen molar-refractivity contribution < 1.29 is 18.3 Å². The molecule has 0 amide bonds. The molecular weight excluding hydrogens is 278 g/mol. The zero-order valence-electron chi connectivity index (χ0n) is 12.0. The lowest BCUT2D eigenvalue weighted by molar-refractivity contribution is 0.153. The van der Waals surface area contributed by atoms with Crippen molar-refractivity contribution >= 4 is 10.0 Å². The summed E-state index contributed by atoms with van der Waals surface area (Å²) in [6.07, 6.45) is -0.541. The van der Waals surface area contributed by atoms with E-state index in [0.717, 1.165) is 0 Å². The summed E-state index contributed by atoms with van der Waals surface area (Å²) in [6, 6.07) is 6.40. The maximum Gasteiger partial charge on any atom is 0.243 e. The van der Waals surface area contributed by atoms with E-state index in [0.29, 0.717) is 12.3 Å². The molecule has 1 N–H and O–H groups in total. The molecule has 0 radical (unpaired) electrons. The fraction of sp³-hybridized carbons (Fsp3) is 0.571. The van der Waals surface area contributed by atoms with Crippen LogP contribution in [0.15, 0.2) is 29.2 Å². The van der Waals surface area contributed by atoms with Crippen molar-refractivity contribution in [3.8, 4) is 5.75 Å². The van der Waals surface area contributed by atoms with Crippen molar-refractivity contribution in [3.63, 3.8) is 0 Å². The van der Waals surface area contributed by atoms with E-state index in [1.54, 1.807) is 24.3 Å². The van der Waals surface area contributed by atoms with Crippen LogP contribution in [0.25, 0.3) is 0 Å². The van der Waals surface area contributed by atoms with Crippen molar-refractivity contribution in [2.45, 2.75) is 37.9 Å². The number of rotatable bonds is 4. The number of hydrogen-bond donors (Lipinski definition) is 1. The summed E-state index contributed by atoms with van der Waals surface area (Å²) in [6.45, 7) is 6.19. The van der Waals surface area contributed by atoms with Crippen LogP contribution in [0.3, 0.4) is 0 Å². The lowest BCUT2D eigenvalue weighted by atomic mass is 10.1. The largest absolute Gasteiger partial charge is 0.491 e. The molecule has 0 aliphatic carbocycles. The van der Waals surface area contributed by atoms with Gasteiger partial charge in [-0.15, -0.1) is 0 Å². The Bertz CT molecular complexity index is 543. The van der Waals surface area contributed by atoms with Gasteiger partial charge in [0.15, 0.2) is 0 Å². The molecule has 0 spiro atoms. The molecule has 112 valence electrons. The Morgan fingerprint density at radius 1 is 1.25 bits per heavy atom. The van der Waals surface area contributed by atoms with E-state index < -0.39 is 16.1 Å². The molecule has 1 aliphatic heterocycles. The number of ether oxygens (including phenoxy) is 1. The number of nitrogens with zero attached hydrogens (tertiary/aromatic N) is 1. The predicted octanol–water partition coefficient (Wildman–Crippen LogP) is 1.48. The third-order valence-electron chi connectivity index (χ3n) is 3.37.